The molecule has 0 saturated heterocycles. The molecule has 0 radical (unpaired) electrons. The molecule has 0 aliphatic heterocycles. The van der Waals surface area contributed by atoms with Gasteiger partial charge in [0.25, 0.3) is 0 Å². The first kappa shape index (κ1) is 27.7. The van der Waals surface area contributed by atoms with Crippen molar-refractivity contribution in [3.05, 3.63) is 176 Å². The minimum Gasteiger partial charge on any atom is -0.309 e. The van der Waals surface area contributed by atoms with E-state index in [4.69, 9.17) is 0 Å². The molecule has 0 bridgehead atoms. The van der Waals surface area contributed by atoms with Crippen molar-refractivity contribution in [2.45, 2.75) is 0 Å². The zero-order valence-corrected chi connectivity index (χ0v) is 27.9. The van der Waals surface area contributed by atoms with Crippen molar-refractivity contribution in [1.82, 2.24) is 4.57 Å². The molecule has 11 rings (SSSR count). The van der Waals surface area contributed by atoms with Crippen LogP contribution >= 0.6 is 11.3 Å². The maximum atomic E-state index is 2.43. The lowest BCUT2D eigenvalue weighted by atomic mass is 9.85. The topological polar surface area (TPSA) is 4.93 Å². The van der Waals surface area contributed by atoms with Gasteiger partial charge in [-0.1, -0.05) is 127 Å². The van der Waals surface area contributed by atoms with Crippen LogP contribution in [0.2, 0.25) is 0 Å². The largest absolute Gasteiger partial charge is 0.309 e. The fraction of sp³-hybridized carbons (Fsp3) is 0. The Morgan fingerprint density at radius 1 is 0.320 bits per heavy atom. The number of para-hydroxylation sites is 2. The molecule has 0 N–H and O–H groups in total. The molecule has 1 nitrogen and oxygen atoms in total. The minimum atomic E-state index is 1.17. The zero-order valence-electron chi connectivity index (χ0n) is 27.1. The molecule has 0 aliphatic carbocycles. The Labute approximate surface area is 292 Å². The number of rotatable bonds is 3. The van der Waals surface area contributed by atoms with Gasteiger partial charge in [-0.15, -0.1) is 11.3 Å². The second-order valence-electron chi connectivity index (χ2n) is 13.3. The van der Waals surface area contributed by atoms with E-state index in [-0.39, 0.29) is 0 Å². The maximum Gasteiger partial charge on any atom is 0.0541 e. The summed E-state index contributed by atoms with van der Waals surface area (Å²) in [6.07, 6.45) is 0. The minimum absolute atomic E-state index is 1.17. The van der Waals surface area contributed by atoms with Crippen LogP contribution in [0.25, 0.3) is 102 Å². The molecule has 0 fully saturated rings. The number of fused-ring (bicyclic) bond motifs is 9. The molecule has 2 heteroatoms. The van der Waals surface area contributed by atoms with Crippen molar-refractivity contribution in [3.8, 4) is 27.9 Å². The summed E-state index contributed by atoms with van der Waals surface area (Å²) in [6.45, 7) is 0. The average Bonchev–Trinajstić information content (AvgIpc) is 3.71. The summed E-state index contributed by atoms with van der Waals surface area (Å²) >= 11 is 1.89. The molecule has 232 valence electrons. The first-order valence-electron chi connectivity index (χ1n) is 17.2. The van der Waals surface area contributed by atoms with Gasteiger partial charge < -0.3 is 4.57 Å². The highest BCUT2D eigenvalue weighted by Gasteiger charge is 2.18. The van der Waals surface area contributed by atoms with E-state index in [1.54, 1.807) is 0 Å². The molecular formula is C48H29NS. The molecule has 9 aromatic carbocycles. The van der Waals surface area contributed by atoms with Crippen molar-refractivity contribution in [2.24, 2.45) is 0 Å². The predicted molar refractivity (Wildman–Crippen MR) is 217 cm³/mol. The lowest BCUT2D eigenvalue weighted by molar-refractivity contribution is 1.18. The van der Waals surface area contributed by atoms with Crippen molar-refractivity contribution in [3.63, 3.8) is 0 Å². The number of hydrogen-bond donors (Lipinski definition) is 0. The summed E-state index contributed by atoms with van der Waals surface area (Å²) in [5.74, 6) is 0. The highest BCUT2D eigenvalue weighted by Crippen LogP contribution is 2.46. The summed E-state index contributed by atoms with van der Waals surface area (Å²) in [5.41, 5.74) is 8.67. The van der Waals surface area contributed by atoms with Gasteiger partial charge in [-0.2, -0.15) is 0 Å². The highest BCUT2D eigenvalue weighted by atomic mass is 32.1. The second kappa shape index (κ2) is 10.6. The quantitative estimate of drug-likeness (QED) is 0.168. The third-order valence-corrected chi connectivity index (χ3v) is 11.7. The molecule has 50 heavy (non-hydrogen) atoms. The molecule has 0 unspecified atom stereocenters. The maximum absolute atomic E-state index is 2.43. The van der Waals surface area contributed by atoms with Crippen LogP contribution < -0.4 is 0 Å². The third kappa shape index (κ3) is 4.00. The van der Waals surface area contributed by atoms with Crippen LogP contribution in [0, 0.1) is 0 Å². The van der Waals surface area contributed by atoms with Crippen LogP contribution in [-0.2, 0) is 0 Å². The average molecular weight is 652 g/mol. The first-order chi connectivity index (χ1) is 24.8. The number of benzene rings is 9. The lowest BCUT2D eigenvalue weighted by Crippen LogP contribution is -1.94. The van der Waals surface area contributed by atoms with E-state index in [2.05, 4.69) is 180 Å². The summed E-state index contributed by atoms with van der Waals surface area (Å²) < 4.78 is 5.05. The summed E-state index contributed by atoms with van der Waals surface area (Å²) in [7, 11) is 0. The van der Waals surface area contributed by atoms with Gasteiger partial charge >= 0.3 is 0 Å². The Bertz CT molecular complexity index is 3030. The Hall–Kier alpha value is -6.22. The Balaban J connectivity index is 1.12. The van der Waals surface area contributed by atoms with E-state index in [0.717, 1.165) is 0 Å². The van der Waals surface area contributed by atoms with Crippen molar-refractivity contribution in [1.29, 1.82) is 0 Å². The summed E-state index contributed by atoms with van der Waals surface area (Å²) in [5, 5.41) is 12.9. The molecule has 0 amide bonds. The second-order valence-corrected chi connectivity index (χ2v) is 14.4. The van der Waals surface area contributed by atoms with Crippen molar-refractivity contribution >= 4 is 85.6 Å². The Morgan fingerprint density at radius 2 is 0.780 bits per heavy atom. The molecule has 11 aromatic rings. The smallest absolute Gasteiger partial charge is 0.0541 e. The van der Waals surface area contributed by atoms with Crippen LogP contribution in [-0.4, -0.2) is 4.57 Å². The summed E-state index contributed by atoms with van der Waals surface area (Å²) in [6, 6.07) is 65.0. The van der Waals surface area contributed by atoms with Crippen LogP contribution in [0.5, 0.6) is 0 Å². The Morgan fingerprint density at radius 3 is 1.38 bits per heavy atom. The molecule has 2 aromatic heterocycles. The van der Waals surface area contributed by atoms with E-state index < -0.39 is 0 Å². The van der Waals surface area contributed by atoms with Gasteiger partial charge in [0.1, 0.15) is 0 Å². The normalized spacial score (nSPS) is 12.0. The van der Waals surface area contributed by atoms with E-state index in [1.165, 1.54) is 102 Å². The standard InChI is InChI=1S/C48H29NS/c1-2-12-32-29-46-42(27-31(32)11-1)41-28-33(23-26-45(41)50-46)48-39-17-5-3-15-37(39)47(38-16-4-6-18-40(38)48)30-21-24-34(25-22-30)49-43-19-9-7-13-35(43)36-14-8-10-20-44(36)49/h1-29H. The molecule has 0 aliphatic rings. The number of aromatic nitrogens is 1. The van der Waals surface area contributed by atoms with Gasteiger partial charge in [-0.25, -0.2) is 0 Å². The number of hydrogen-bond acceptors (Lipinski definition) is 1. The van der Waals surface area contributed by atoms with Gasteiger partial charge in [0.15, 0.2) is 0 Å². The number of nitrogens with zero attached hydrogens (tertiary/aromatic N) is 1. The fourth-order valence-corrected chi connectivity index (χ4v) is 9.46. The third-order valence-electron chi connectivity index (χ3n) is 10.6. The lowest BCUT2D eigenvalue weighted by Gasteiger charge is -2.18. The zero-order chi connectivity index (χ0) is 32.8. The van der Waals surface area contributed by atoms with Crippen LogP contribution in [0.4, 0.5) is 0 Å². The predicted octanol–water partition coefficient (Wildman–Crippen LogP) is 13.9. The molecule has 0 atom stereocenters. The van der Waals surface area contributed by atoms with Crippen LogP contribution in [0.1, 0.15) is 0 Å². The van der Waals surface area contributed by atoms with Crippen molar-refractivity contribution in [2.75, 3.05) is 0 Å². The molecule has 0 spiro atoms. The highest BCUT2D eigenvalue weighted by molar-refractivity contribution is 7.25. The van der Waals surface area contributed by atoms with Gasteiger partial charge in [-0.05, 0) is 103 Å². The van der Waals surface area contributed by atoms with Gasteiger partial charge in [0, 0.05) is 36.6 Å². The van der Waals surface area contributed by atoms with E-state index in [9.17, 15) is 0 Å². The monoisotopic (exact) mass is 651 g/mol. The fourth-order valence-electron chi connectivity index (χ4n) is 8.35. The van der Waals surface area contributed by atoms with Crippen LogP contribution in [0.15, 0.2) is 176 Å². The SMILES string of the molecule is c1ccc2cc3c(cc2c1)sc1ccc(-c2c4ccccc4c(-c4ccc(-n5c6ccccc6c6ccccc65)cc4)c4ccccc24)cc13. The summed E-state index contributed by atoms with van der Waals surface area (Å²) in [4.78, 5) is 0. The van der Waals surface area contributed by atoms with Gasteiger partial charge in [0.05, 0.1) is 11.0 Å². The molecule has 2 heterocycles. The Kier molecular flexibility index (Phi) is 5.89. The first-order valence-corrected chi connectivity index (χ1v) is 18.0. The van der Waals surface area contributed by atoms with Gasteiger partial charge in [0.2, 0.25) is 0 Å². The van der Waals surface area contributed by atoms with Crippen molar-refractivity contribution < 1.29 is 0 Å². The number of thiophene rings is 1. The van der Waals surface area contributed by atoms with Gasteiger partial charge in [-0.3, -0.25) is 0 Å². The van der Waals surface area contributed by atoms with E-state index >= 15 is 0 Å². The van der Waals surface area contributed by atoms with E-state index in [1.807, 2.05) is 11.3 Å². The molecular weight excluding hydrogens is 623 g/mol. The molecule has 0 saturated carbocycles. The van der Waals surface area contributed by atoms with Crippen LogP contribution in [0.3, 0.4) is 0 Å². The van der Waals surface area contributed by atoms with E-state index in [0.29, 0.717) is 0 Å².